The van der Waals surface area contributed by atoms with Gasteiger partial charge in [-0.1, -0.05) is 66.4 Å². The summed E-state index contributed by atoms with van der Waals surface area (Å²) in [6.45, 7) is 0. The number of carbonyl (C=O) groups is 1. The van der Waals surface area contributed by atoms with Crippen molar-refractivity contribution in [3.8, 4) is 5.75 Å². The lowest BCUT2D eigenvalue weighted by atomic mass is 9.98. The Morgan fingerprint density at radius 1 is 1.06 bits per heavy atom. The Bertz CT molecular complexity index is 1240. The molecule has 1 atom stereocenters. The lowest BCUT2D eigenvalue weighted by Crippen LogP contribution is -2.28. The molecule has 6 nitrogen and oxygen atoms in total. The Hall–Kier alpha value is -3.58. The number of aromatic amines is 1. The number of para-hydroxylation sites is 2. The number of rotatable bonds is 6. The summed E-state index contributed by atoms with van der Waals surface area (Å²) in [6, 6.07) is 25.5. The number of aromatic nitrogens is 2. The van der Waals surface area contributed by atoms with Crippen LogP contribution < -0.4 is 4.74 Å². The number of nitrogens with one attached hydrogen (secondary N) is 1. The Morgan fingerprint density at radius 2 is 1.81 bits per heavy atom. The number of H-pyrrole nitrogens is 1. The Labute approximate surface area is 190 Å². The van der Waals surface area contributed by atoms with Gasteiger partial charge in [0.2, 0.25) is 0 Å². The molecule has 160 valence electrons. The van der Waals surface area contributed by atoms with Crippen molar-refractivity contribution in [1.82, 2.24) is 15.0 Å². The molecule has 1 N–H and O–H groups in total. The predicted molar refractivity (Wildman–Crippen MR) is 127 cm³/mol. The van der Waals surface area contributed by atoms with Crippen molar-refractivity contribution in [1.29, 1.82) is 0 Å². The fraction of sp³-hybridized carbons (Fsp3) is 0.160. The molecule has 0 fully saturated rings. The SMILES string of the molecule is COc1ccc([C@H]2CC(c3ccccc3)=NN2C(=O)CSc2nc3ccccc3[nH]2)cc1. The van der Waals surface area contributed by atoms with E-state index in [-0.39, 0.29) is 17.7 Å². The molecule has 0 saturated heterocycles. The molecule has 1 aliphatic heterocycles. The van der Waals surface area contributed by atoms with Gasteiger partial charge in [0.25, 0.3) is 5.91 Å². The summed E-state index contributed by atoms with van der Waals surface area (Å²) >= 11 is 1.39. The Morgan fingerprint density at radius 3 is 2.56 bits per heavy atom. The average molecular weight is 443 g/mol. The maximum absolute atomic E-state index is 13.2. The highest BCUT2D eigenvalue weighted by atomic mass is 32.2. The summed E-state index contributed by atoms with van der Waals surface area (Å²) in [5.74, 6) is 0.981. The number of fused-ring (bicyclic) bond motifs is 1. The van der Waals surface area contributed by atoms with Crippen LogP contribution in [0.5, 0.6) is 5.75 Å². The van der Waals surface area contributed by atoms with E-state index in [1.807, 2.05) is 78.9 Å². The van der Waals surface area contributed by atoms with Crippen LogP contribution >= 0.6 is 11.8 Å². The van der Waals surface area contributed by atoms with Crippen LogP contribution in [0.2, 0.25) is 0 Å². The Balaban J connectivity index is 1.38. The molecule has 2 heterocycles. The van der Waals surface area contributed by atoms with E-state index in [0.717, 1.165) is 38.8 Å². The summed E-state index contributed by atoms with van der Waals surface area (Å²) in [6.07, 6.45) is 0.664. The van der Waals surface area contributed by atoms with E-state index < -0.39 is 0 Å². The van der Waals surface area contributed by atoms with E-state index in [1.165, 1.54) is 11.8 Å². The number of hydrogen-bond acceptors (Lipinski definition) is 5. The molecule has 1 amide bonds. The highest BCUT2D eigenvalue weighted by molar-refractivity contribution is 7.99. The second-order valence-electron chi connectivity index (χ2n) is 7.49. The van der Waals surface area contributed by atoms with Gasteiger partial charge >= 0.3 is 0 Å². The van der Waals surface area contributed by atoms with Crippen molar-refractivity contribution in [2.24, 2.45) is 5.10 Å². The minimum atomic E-state index is -0.153. The van der Waals surface area contributed by atoms with Gasteiger partial charge in [-0.25, -0.2) is 9.99 Å². The zero-order chi connectivity index (χ0) is 21.9. The van der Waals surface area contributed by atoms with Crippen molar-refractivity contribution < 1.29 is 9.53 Å². The number of benzene rings is 3. The van der Waals surface area contributed by atoms with Crippen LogP contribution in [0.4, 0.5) is 0 Å². The average Bonchev–Trinajstić information content (AvgIpc) is 3.48. The molecule has 0 unspecified atom stereocenters. The molecule has 0 aliphatic carbocycles. The van der Waals surface area contributed by atoms with Gasteiger partial charge in [0.15, 0.2) is 5.16 Å². The van der Waals surface area contributed by atoms with Gasteiger partial charge in [-0.05, 0) is 35.4 Å². The number of amides is 1. The number of imidazole rings is 1. The molecule has 1 aliphatic rings. The third-order valence-corrected chi connectivity index (χ3v) is 6.33. The van der Waals surface area contributed by atoms with Gasteiger partial charge in [0, 0.05) is 6.42 Å². The molecule has 0 spiro atoms. The number of thioether (sulfide) groups is 1. The highest BCUT2D eigenvalue weighted by Crippen LogP contribution is 2.34. The van der Waals surface area contributed by atoms with E-state index in [0.29, 0.717) is 6.42 Å². The highest BCUT2D eigenvalue weighted by Gasteiger charge is 2.33. The van der Waals surface area contributed by atoms with Gasteiger partial charge in [-0.15, -0.1) is 0 Å². The molecule has 0 saturated carbocycles. The summed E-state index contributed by atoms with van der Waals surface area (Å²) in [5.41, 5.74) is 4.83. The van der Waals surface area contributed by atoms with Crippen LogP contribution in [0.3, 0.4) is 0 Å². The third-order valence-electron chi connectivity index (χ3n) is 5.47. The molecule has 0 radical (unpaired) electrons. The maximum Gasteiger partial charge on any atom is 0.253 e. The molecule has 5 rings (SSSR count). The van der Waals surface area contributed by atoms with Gasteiger partial charge < -0.3 is 9.72 Å². The van der Waals surface area contributed by atoms with Crippen molar-refractivity contribution in [3.05, 3.63) is 90.0 Å². The van der Waals surface area contributed by atoms with Crippen LogP contribution in [0.25, 0.3) is 11.0 Å². The fourth-order valence-electron chi connectivity index (χ4n) is 3.82. The molecule has 3 aromatic carbocycles. The molecule has 7 heteroatoms. The molecular formula is C25H22N4O2S. The van der Waals surface area contributed by atoms with Gasteiger partial charge in [0.05, 0.1) is 35.6 Å². The third kappa shape index (κ3) is 4.11. The number of methoxy groups -OCH3 is 1. The first-order valence-electron chi connectivity index (χ1n) is 10.4. The quantitative estimate of drug-likeness (QED) is 0.425. The van der Waals surface area contributed by atoms with Gasteiger partial charge in [-0.3, -0.25) is 4.79 Å². The standard InChI is InChI=1S/C25H22N4O2S/c1-31-19-13-11-18(12-14-19)23-15-22(17-7-3-2-4-8-17)28-29(23)24(30)16-32-25-26-20-9-5-6-10-21(20)27-25/h2-14,23H,15-16H2,1H3,(H,26,27)/t23-/m1/s1. The number of nitrogens with zero attached hydrogens (tertiary/aromatic N) is 3. The predicted octanol–water partition coefficient (Wildman–Crippen LogP) is 5.04. The first-order valence-corrected chi connectivity index (χ1v) is 11.4. The summed E-state index contributed by atoms with van der Waals surface area (Å²) in [7, 11) is 1.65. The van der Waals surface area contributed by atoms with E-state index >= 15 is 0 Å². The van der Waals surface area contributed by atoms with Crippen molar-refractivity contribution >= 4 is 34.4 Å². The van der Waals surface area contributed by atoms with Crippen LogP contribution in [-0.4, -0.2) is 39.5 Å². The fourth-order valence-corrected chi connectivity index (χ4v) is 4.56. The monoisotopic (exact) mass is 442 g/mol. The topological polar surface area (TPSA) is 70.6 Å². The molecule has 4 aromatic rings. The van der Waals surface area contributed by atoms with E-state index in [1.54, 1.807) is 12.1 Å². The summed E-state index contributed by atoms with van der Waals surface area (Å²) < 4.78 is 5.29. The van der Waals surface area contributed by atoms with E-state index in [4.69, 9.17) is 9.84 Å². The molecule has 0 bridgehead atoms. The minimum Gasteiger partial charge on any atom is -0.497 e. The van der Waals surface area contributed by atoms with Crippen molar-refractivity contribution in [2.75, 3.05) is 12.9 Å². The largest absolute Gasteiger partial charge is 0.497 e. The second-order valence-corrected chi connectivity index (χ2v) is 8.46. The van der Waals surface area contributed by atoms with Crippen LogP contribution in [-0.2, 0) is 4.79 Å². The molecule has 1 aromatic heterocycles. The van der Waals surface area contributed by atoms with Crippen LogP contribution in [0.1, 0.15) is 23.6 Å². The lowest BCUT2D eigenvalue weighted by Gasteiger charge is -2.22. The molecular weight excluding hydrogens is 420 g/mol. The first-order chi connectivity index (χ1) is 15.7. The van der Waals surface area contributed by atoms with E-state index in [9.17, 15) is 4.79 Å². The van der Waals surface area contributed by atoms with Crippen LogP contribution in [0, 0.1) is 0 Å². The maximum atomic E-state index is 13.2. The zero-order valence-corrected chi connectivity index (χ0v) is 18.4. The van der Waals surface area contributed by atoms with Crippen molar-refractivity contribution in [2.45, 2.75) is 17.6 Å². The zero-order valence-electron chi connectivity index (χ0n) is 17.6. The Kier molecular flexibility index (Phi) is 5.64. The van der Waals surface area contributed by atoms with Crippen LogP contribution in [0.15, 0.2) is 89.1 Å². The first kappa shape index (κ1) is 20.3. The normalized spacial score (nSPS) is 15.7. The minimum absolute atomic E-state index is 0.0535. The van der Waals surface area contributed by atoms with Gasteiger partial charge in [-0.2, -0.15) is 5.10 Å². The molecule has 32 heavy (non-hydrogen) atoms. The number of carbonyl (C=O) groups excluding carboxylic acids is 1. The second kappa shape index (κ2) is 8.88. The number of hydrogen-bond donors (Lipinski definition) is 1. The number of hydrazone groups is 1. The summed E-state index contributed by atoms with van der Waals surface area (Å²) in [5, 5.41) is 7.09. The van der Waals surface area contributed by atoms with Crippen molar-refractivity contribution in [3.63, 3.8) is 0 Å². The van der Waals surface area contributed by atoms with E-state index in [2.05, 4.69) is 9.97 Å². The van der Waals surface area contributed by atoms with Gasteiger partial charge in [0.1, 0.15) is 5.75 Å². The number of ether oxygens (including phenoxy) is 1. The summed E-state index contributed by atoms with van der Waals surface area (Å²) in [4.78, 5) is 21.1. The smallest absolute Gasteiger partial charge is 0.253 e. The lowest BCUT2D eigenvalue weighted by molar-refractivity contribution is -0.130.